The van der Waals surface area contributed by atoms with Crippen LogP contribution in [0.2, 0.25) is 0 Å². The van der Waals surface area contributed by atoms with E-state index in [0.717, 1.165) is 5.69 Å². The third-order valence-corrected chi connectivity index (χ3v) is 2.01. The van der Waals surface area contributed by atoms with Gasteiger partial charge in [-0.3, -0.25) is 4.79 Å². The number of aromatic amines is 1. The monoisotopic (exact) mass is 326 g/mol. The van der Waals surface area contributed by atoms with Gasteiger partial charge in [0, 0.05) is 36.0 Å². The van der Waals surface area contributed by atoms with E-state index >= 15 is 0 Å². The van der Waals surface area contributed by atoms with Crippen LogP contribution in [0.1, 0.15) is 19.5 Å². The van der Waals surface area contributed by atoms with Gasteiger partial charge in [-0.05, 0) is 0 Å². The van der Waals surface area contributed by atoms with Crippen molar-refractivity contribution in [3.05, 3.63) is 34.2 Å². The normalized spacial score (nSPS) is 9.93. The lowest BCUT2D eigenvalue weighted by molar-refractivity contribution is 0.521. The standard InChI is InChI=1S/C9H14N2O.2BrH/c1-9(2,6-10)8-5-7(12)3-4-11-8;;/h3-5H,6,10H2,1-2H3,(H,11,12);2*1H. The quantitative estimate of drug-likeness (QED) is 0.869. The number of H-pyrrole nitrogens is 1. The van der Waals surface area contributed by atoms with Gasteiger partial charge < -0.3 is 10.7 Å². The first-order valence-electron chi connectivity index (χ1n) is 3.95. The highest BCUT2D eigenvalue weighted by atomic mass is 79.9. The molecule has 0 saturated carbocycles. The van der Waals surface area contributed by atoms with E-state index in [4.69, 9.17) is 5.73 Å². The average Bonchev–Trinajstić information content (AvgIpc) is 2.05. The zero-order chi connectivity index (χ0) is 9.19. The van der Waals surface area contributed by atoms with Crippen molar-refractivity contribution in [3.63, 3.8) is 0 Å². The molecule has 0 spiro atoms. The molecule has 1 aromatic rings. The predicted octanol–water partition coefficient (Wildman–Crippen LogP) is 1.77. The van der Waals surface area contributed by atoms with Gasteiger partial charge in [-0.2, -0.15) is 0 Å². The molecule has 5 heteroatoms. The molecule has 0 aromatic carbocycles. The van der Waals surface area contributed by atoms with Crippen molar-refractivity contribution in [2.75, 3.05) is 6.54 Å². The van der Waals surface area contributed by atoms with Gasteiger partial charge in [-0.1, -0.05) is 13.8 Å². The first kappa shape index (κ1) is 16.3. The summed E-state index contributed by atoms with van der Waals surface area (Å²) in [7, 11) is 0. The minimum Gasteiger partial charge on any atom is -0.364 e. The largest absolute Gasteiger partial charge is 0.364 e. The van der Waals surface area contributed by atoms with E-state index in [-0.39, 0.29) is 44.8 Å². The molecule has 3 nitrogen and oxygen atoms in total. The summed E-state index contributed by atoms with van der Waals surface area (Å²) in [6.45, 7) is 4.52. The van der Waals surface area contributed by atoms with Crippen LogP contribution in [0.3, 0.4) is 0 Å². The van der Waals surface area contributed by atoms with Gasteiger partial charge in [0.25, 0.3) is 0 Å². The highest BCUT2D eigenvalue weighted by Crippen LogP contribution is 2.16. The number of hydrogen-bond donors (Lipinski definition) is 2. The first-order chi connectivity index (χ1) is 5.56. The molecular weight excluding hydrogens is 312 g/mol. The maximum absolute atomic E-state index is 11.0. The van der Waals surface area contributed by atoms with Gasteiger partial charge >= 0.3 is 0 Å². The Kier molecular flexibility index (Phi) is 7.42. The molecule has 0 bridgehead atoms. The summed E-state index contributed by atoms with van der Waals surface area (Å²) in [4.78, 5) is 14.0. The topological polar surface area (TPSA) is 58.9 Å². The maximum Gasteiger partial charge on any atom is 0.181 e. The number of aromatic nitrogens is 1. The number of halogens is 2. The van der Waals surface area contributed by atoms with Crippen LogP contribution < -0.4 is 11.2 Å². The van der Waals surface area contributed by atoms with Crippen LogP contribution in [-0.2, 0) is 5.41 Å². The Morgan fingerprint density at radius 1 is 1.43 bits per heavy atom. The summed E-state index contributed by atoms with van der Waals surface area (Å²) >= 11 is 0. The summed E-state index contributed by atoms with van der Waals surface area (Å²) in [6.07, 6.45) is 1.65. The van der Waals surface area contributed by atoms with Crippen molar-refractivity contribution in [2.45, 2.75) is 19.3 Å². The van der Waals surface area contributed by atoms with Crippen LogP contribution in [0.15, 0.2) is 23.1 Å². The van der Waals surface area contributed by atoms with Gasteiger partial charge in [-0.25, -0.2) is 0 Å². The predicted molar refractivity (Wildman–Crippen MR) is 69.8 cm³/mol. The molecule has 1 aromatic heterocycles. The van der Waals surface area contributed by atoms with E-state index < -0.39 is 0 Å². The van der Waals surface area contributed by atoms with Crippen LogP contribution >= 0.6 is 34.0 Å². The van der Waals surface area contributed by atoms with E-state index in [1.807, 2.05) is 13.8 Å². The van der Waals surface area contributed by atoms with Gasteiger partial charge in [0.1, 0.15) is 0 Å². The van der Waals surface area contributed by atoms with Crippen molar-refractivity contribution in [1.82, 2.24) is 4.98 Å². The number of hydrogen-bond acceptors (Lipinski definition) is 2. The highest BCUT2D eigenvalue weighted by Gasteiger charge is 2.18. The number of rotatable bonds is 2. The Labute approximate surface area is 105 Å². The molecule has 0 unspecified atom stereocenters. The second kappa shape index (κ2) is 6.37. The summed E-state index contributed by atoms with van der Waals surface area (Å²) < 4.78 is 0. The van der Waals surface area contributed by atoms with Crippen molar-refractivity contribution < 1.29 is 0 Å². The molecule has 0 radical (unpaired) electrons. The highest BCUT2D eigenvalue weighted by molar-refractivity contribution is 8.93. The van der Waals surface area contributed by atoms with Crippen LogP contribution in [0, 0.1) is 0 Å². The van der Waals surface area contributed by atoms with Gasteiger partial charge in [-0.15, -0.1) is 34.0 Å². The summed E-state index contributed by atoms with van der Waals surface area (Å²) in [5.74, 6) is 0. The number of pyridine rings is 1. The zero-order valence-electron chi connectivity index (χ0n) is 8.24. The third kappa shape index (κ3) is 3.94. The van der Waals surface area contributed by atoms with E-state index in [0.29, 0.717) is 6.54 Å². The SMILES string of the molecule is Br.Br.CC(C)(CN)c1cc(=O)cc[nH]1. The molecule has 1 heterocycles. The second-order valence-corrected chi connectivity index (χ2v) is 3.53. The molecule has 0 fully saturated rings. The molecule has 0 atom stereocenters. The summed E-state index contributed by atoms with van der Waals surface area (Å²) in [6, 6.07) is 3.09. The molecule has 0 aliphatic carbocycles. The third-order valence-electron chi connectivity index (χ3n) is 2.01. The fourth-order valence-electron chi connectivity index (χ4n) is 0.946. The van der Waals surface area contributed by atoms with E-state index in [2.05, 4.69) is 4.98 Å². The molecule has 0 amide bonds. The Hall–Kier alpha value is -0.130. The molecule has 1 rings (SSSR count). The lowest BCUT2D eigenvalue weighted by atomic mass is 9.89. The summed E-state index contributed by atoms with van der Waals surface area (Å²) in [5.41, 5.74) is 6.32. The Morgan fingerprint density at radius 3 is 2.43 bits per heavy atom. The molecule has 0 aliphatic heterocycles. The van der Waals surface area contributed by atoms with Gasteiger partial charge in [0.15, 0.2) is 5.43 Å². The molecule has 14 heavy (non-hydrogen) atoms. The fraction of sp³-hybridized carbons (Fsp3) is 0.444. The van der Waals surface area contributed by atoms with Crippen molar-refractivity contribution in [3.8, 4) is 0 Å². The van der Waals surface area contributed by atoms with Gasteiger partial charge in [0.2, 0.25) is 0 Å². The Bertz CT molecular complexity index is 323. The van der Waals surface area contributed by atoms with E-state index in [9.17, 15) is 4.79 Å². The number of nitrogens with two attached hydrogens (primary N) is 1. The minimum absolute atomic E-state index is 0. The minimum atomic E-state index is -0.152. The summed E-state index contributed by atoms with van der Waals surface area (Å²) in [5, 5.41) is 0. The first-order valence-corrected chi connectivity index (χ1v) is 3.95. The van der Waals surface area contributed by atoms with E-state index in [1.54, 1.807) is 12.3 Å². The Balaban J connectivity index is 0. The van der Waals surface area contributed by atoms with Crippen LogP contribution in [0.25, 0.3) is 0 Å². The van der Waals surface area contributed by atoms with Crippen LogP contribution in [0.4, 0.5) is 0 Å². The van der Waals surface area contributed by atoms with Crippen LogP contribution in [0.5, 0.6) is 0 Å². The molecular formula is C9H16Br2N2O. The van der Waals surface area contributed by atoms with Crippen molar-refractivity contribution in [1.29, 1.82) is 0 Å². The maximum atomic E-state index is 11.0. The molecule has 3 N–H and O–H groups in total. The van der Waals surface area contributed by atoms with Gasteiger partial charge in [0.05, 0.1) is 0 Å². The van der Waals surface area contributed by atoms with E-state index in [1.165, 1.54) is 6.07 Å². The van der Waals surface area contributed by atoms with Crippen molar-refractivity contribution in [2.24, 2.45) is 5.73 Å². The lowest BCUT2D eigenvalue weighted by Crippen LogP contribution is -2.30. The fourth-order valence-corrected chi connectivity index (χ4v) is 0.946. The molecule has 82 valence electrons. The zero-order valence-corrected chi connectivity index (χ0v) is 11.7. The van der Waals surface area contributed by atoms with Crippen molar-refractivity contribution >= 4 is 34.0 Å². The van der Waals surface area contributed by atoms with Crippen LogP contribution in [-0.4, -0.2) is 11.5 Å². The smallest absolute Gasteiger partial charge is 0.181 e. The second-order valence-electron chi connectivity index (χ2n) is 3.53. The Morgan fingerprint density at radius 2 is 2.00 bits per heavy atom. The molecule has 0 saturated heterocycles. The average molecular weight is 328 g/mol. The number of nitrogens with one attached hydrogen (secondary N) is 1. The lowest BCUT2D eigenvalue weighted by Gasteiger charge is -2.21. The molecule has 0 aliphatic rings.